The third kappa shape index (κ3) is 2.54. The molecular weight excluding hydrogens is 294 g/mol. The van der Waals surface area contributed by atoms with E-state index in [1.807, 2.05) is 32.4 Å². The van der Waals surface area contributed by atoms with Crippen molar-refractivity contribution >= 4 is 39.4 Å². The molecule has 4 rings (SSSR count). The Bertz CT molecular complexity index is 1020. The Kier molecular flexibility index (Phi) is 3.54. The number of hydrogen-bond acceptors (Lipinski definition) is 2. The Morgan fingerprint density at radius 3 is 2.38 bits per heavy atom. The number of fused-ring (bicyclic) bond motifs is 3. The van der Waals surface area contributed by atoms with Crippen molar-refractivity contribution in [3.05, 3.63) is 72.3 Å². The van der Waals surface area contributed by atoms with Gasteiger partial charge in [-0.3, -0.25) is 4.99 Å². The average Bonchev–Trinajstić information content (AvgIpc) is 2.99. The van der Waals surface area contributed by atoms with Gasteiger partial charge in [0.05, 0.1) is 11.2 Å². The molecule has 0 atom stereocenters. The van der Waals surface area contributed by atoms with Crippen LogP contribution in [0.3, 0.4) is 0 Å². The Hall–Kier alpha value is -3.07. The summed E-state index contributed by atoms with van der Waals surface area (Å²) in [5, 5.41) is 2.45. The summed E-state index contributed by atoms with van der Waals surface area (Å²) in [5.41, 5.74) is 5.46. The monoisotopic (exact) mass is 313 g/mol. The van der Waals surface area contributed by atoms with Gasteiger partial charge < -0.3 is 9.88 Å². The van der Waals surface area contributed by atoms with Crippen LogP contribution in [-0.4, -0.2) is 25.3 Å². The Labute approximate surface area is 141 Å². The van der Waals surface area contributed by atoms with E-state index in [2.05, 4.69) is 64.5 Å². The highest BCUT2D eigenvalue weighted by atomic mass is 15.1. The summed E-state index contributed by atoms with van der Waals surface area (Å²) in [4.78, 5) is 10.3. The van der Waals surface area contributed by atoms with Gasteiger partial charge in [0, 0.05) is 42.3 Å². The number of rotatable bonds is 3. The van der Waals surface area contributed by atoms with Crippen LogP contribution < -0.4 is 4.90 Å². The van der Waals surface area contributed by atoms with Crippen LogP contribution in [-0.2, 0) is 0 Å². The molecule has 0 saturated heterocycles. The summed E-state index contributed by atoms with van der Waals surface area (Å²) in [5.74, 6) is 0. The molecule has 0 aliphatic carbocycles. The fraction of sp³-hybridized carbons (Fsp3) is 0.0952. The van der Waals surface area contributed by atoms with E-state index in [0.29, 0.717) is 0 Å². The summed E-state index contributed by atoms with van der Waals surface area (Å²) in [7, 11) is 4.08. The number of nitrogens with zero attached hydrogens (tertiary/aromatic N) is 2. The molecule has 1 N–H and O–H groups in total. The molecule has 118 valence electrons. The minimum atomic E-state index is 0.959. The maximum atomic E-state index is 4.70. The second kappa shape index (κ2) is 5.85. The van der Waals surface area contributed by atoms with Gasteiger partial charge in [0.1, 0.15) is 0 Å². The molecule has 0 aliphatic rings. The largest absolute Gasteiger partial charge is 0.378 e. The maximum absolute atomic E-state index is 4.70. The molecule has 0 unspecified atom stereocenters. The quantitative estimate of drug-likeness (QED) is 0.522. The van der Waals surface area contributed by atoms with E-state index in [-0.39, 0.29) is 0 Å². The lowest BCUT2D eigenvalue weighted by atomic mass is 10.1. The molecule has 3 nitrogen and oxygen atoms in total. The van der Waals surface area contributed by atoms with Gasteiger partial charge in [-0.2, -0.15) is 0 Å². The summed E-state index contributed by atoms with van der Waals surface area (Å²) in [6.45, 7) is 0. The Morgan fingerprint density at radius 2 is 1.58 bits per heavy atom. The first kappa shape index (κ1) is 14.5. The Balaban J connectivity index is 1.74. The number of para-hydroxylation sites is 2. The summed E-state index contributed by atoms with van der Waals surface area (Å²) in [6, 6.07) is 23.0. The Morgan fingerprint density at radius 1 is 0.833 bits per heavy atom. The van der Waals surface area contributed by atoms with Crippen molar-refractivity contribution < 1.29 is 0 Å². The van der Waals surface area contributed by atoms with Crippen LogP contribution in [0.5, 0.6) is 0 Å². The number of nitrogens with one attached hydrogen (secondary N) is 1. The molecule has 0 radical (unpaired) electrons. The van der Waals surface area contributed by atoms with E-state index < -0.39 is 0 Å². The number of benzene rings is 3. The van der Waals surface area contributed by atoms with Gasteiger partial charge in [-0.1, -0.05) is 42.5 Å². The highest BCUT2D eigenvalue weighted by Gasteiger charge is 2.06. The number of aromatic nitrogens is 1. The number of anilines is 1. The fourth-order valence-electron chi connectivity index (χ4n) is 2.97. The molecule has 3 heteroatoms. The number of aliphatic imine (C=N–C) groups is 1. The van der Waals surface area contributed by atoms with Gasteiger partial charge in [0.2, 0.25) is 0 Å². The molecule has 3 aromatic carbocycles. The van der Waals surface area contributed by atoms with Gasteiger partial charge in [0.15, 0.2) is 0 Å². The summed E-state index contributed by atoms with van der Waals surface area (Å²) in [6.07, 6.45) is 1.92. The molecule has 0 aliphatic heterocycles. The highest BCUT2D eigenvalue weighted by Crippen LogP contribution is 2.31. The normalized spacial score (nSPS) is 11.6. The third-order valence-corrected chi connectivity index (χ3v) is 4.28. The van der Waals surface area contributed by atoms with E-state index in [0.717, 1.165) is 22.3 Å². The summed E-state index contributed by atoms with van der Waals surface area (Å²) >= 11 is 0. The fourth-order valence-corrected chi connectivity index (χ4v) is 2.97. The molecule has 0 fully saturated rings. The van der Waals surface area contributed by atoms with E-state index in [9.17, 15) is 0 Å². The van der Waals surface area contributed by atoms with Crippen LogP contribution in [0.15, 0.2) is 71.7 Å². The second-order valence-electron chi connectivity index (χ2n) is 6.11. The molecule has 4 aromatic rings. The van der Waals surface area contributed by atoms with Crippen LogP contribution >= 0.6 is 0 Å². The topological polar surface area (TPSA) is 31.4 Å². The number of hydrogen-bond donors (Lipinski definition) is 1. The second-order valence-corrected chi connectivity index (χ2v) is 6.11. The van der Waals surface area contributed by atoms with Crippen LogP contribution in [0, 0.1) is 0 Å². The van der Waals surface area contributed by atoms with E-state index in [1.165, 1.54) is 16.5 Å². The van der Waals surface area contributed by atoms with Crippen molar-refractivity contribution in [2.75, 3.05) is 19.0 Å². The van der Waals surface area contributed by atoms with E-state index >= 15 is 0 Å². The zero-order valence-corrected chi connectivity index (χ0v) is 13.8. The predicted octanol–water partition coefficient (Wildman–Crippen LogP) is 5.14. The van der Waals surface area contributed by atoms with Gasteiger partial charge in [-0.25, -0.2) is 0 Å². The molecule has 0 spiro atoms. The highest BCUT2D eigenvalue weighted by molar-refractivity contribution is 6.11. The number of H-pyrrole nitrogens is 1. The standard InChI is InChI=1S/C21H19N3/c1-24(2)16-12-10-15(11-13-16)14-22-20-9-5-7-18-17-6-3-4-8-19(17)23-21(18)20/h3-14,23H,1-2H3. The molecule has 1 heterocycles. The maximum Gasteiger partial charge on any atom is 0.0871 e. The molecule has 0 amide bonds. The van der Waals surface area contributed by atoms with Gasteiger partial charge in [-0.05, 0) is 29.8 Å². The summed E-state index contributed by atoms with van der Waals surface area (Å²) < 4.78 is 0. The smallest absolute Gasteiger partial charge is 0.0871 e. The third-order valence-electron chi connectivity index (χ3n) is 4.28. The van der Waals surface area contributed by atoms with Crippen molar-refractivity contribution in [1.29, 1.82) is 0 Å². The zero-order chi connectivity index (χ0) is 16.5. The molecule has 24 heavy (non-hydrogen) atoms. The lowest BCUT2D eigenvalue weighted by Crippen LogP contribution is -2.08. The first-order valence-corrected chi connectivity index (χ1v) is 8.03. The van der Waals surface area contributed by atoms with Crippen molar-refractivity contribution in [3.8, 4) is 0 Å². The molecule has 1 aromatic heterocycles. The van der Waals surface area contributed by atoms with E-state index in [1.54, 1.807) is 0 Å². The molecular formula is C21H19N3. The van der Waals surface area contributed by atoms with Crippen LogP contribution in [0.4, 0.5) is 11.4 Å². The SMILES string of the molecule is CN(C)c1ccc(C=Nc2cccc3c2[nH]c2ccccc23)cc1. The average molecular weight is 313 g/mol. The van der Waals surface area contributed by atoms with Crippen molar-refractivity contribution in [2.24, 2.45) is 4.99 Å². The van der Waals surface area contributed by atoms with Crippen molar-refractivity contribution in [3.63, 3.8) is 0 Å². The van der Waals surface area contributed by atoms with Crippen LogP contribution in [0.1, 0.15) is 5.56 Å². The van der Waals surface area contributed by atoms with Gasteiger partial charge in [-0.15, -0.1) is 0 Å². The first-order valence-electron chi connectivity index (χ1n) is 8.03. The lowest BCUT2D eigenvalue weighted by molar-refractivity contribution is 1.13. The lowest BCUT2D eigenvalue weighted by Gasteiger charge is -2.11. The van der Waals surface area contributed by atoms with Crippen LogP contribution in [0.25, 0.3) is 21.8 Å². The van der Waals surface area contributed by atoms with Gasteiger partial charge in [0.25, 0.3) is 0 Å². The van der Waals surface area contributed by atoms with Crippen molar-refractivity contribution in [1.82, 2.24) is 4.98 Å². The minimum Gasteiger partial charge on any atom is -0.378 e. The first-order chi connectivity index (χ1) is 11.7. The zero-order valence-electron chi connectivity index (χ0n) is 13.8. The predicted molar refractivity (Wildman–Crippen MR) is 104 cm³/mol. The number of aromatic amines is 1. The van der Waals surface area contributed by atoms with Crippen LogP contribution in [0.2, 0.25) is 0 Å². The van der Waals surface area contributed by atoms with Gasteiger partial charge >= 0.3 is 0 Å². The molecule has 0 saturated carbocycles. The van der Waals surface area contributed by atoms with Crippen molar-refractivity contribution in [2.45, 2.75) is 0 Å². The minimum absolute atomic E-state index is 0.959. The molecule has 0 bridgehead atoms. The van der Waals surface area contributed by atoms with E-state index in [4.69, 9.17) is 4.99 Å².